The van der Waals surface area contributed by atoms with Crippen molar-refractivity contribution in [3.8, 4) is 0 Å². The lowest BCUT2D eigenvalue weighted by molar-refractivity contribution is 0.0938. The van der Waals surface area contributed by atoms with E-state index < -0.39 is 0 Å². The van der Waals surface area contributed by atoms with Gasteiger partial charge in [-0.05, 0) is 31.2 Å². The summed E-state index contributed by atoms with van der Waals surface area (Å²) in [5.74, 6) is -0.213. The van der Waals surface area contributed by atoms with Crippen molar-refractivity contribution in [3.63, 3.8) is 0 Å². The van der Waals surface area contributed by atoms with Crippen molar-refractivity contribution in [2.45, 2.75) is 13.5 Å². The number of carbonyl (C=O) groups is 1. The number of rotatable bonds is 5. The molecule has 0 saturated heterocycles. The van der Waals surface area contributed by atoms with Gasteiger partial charge in [-0.1, -0.05) is 41.6 Å². The molecule has 6 heteroatoms. The summed E-state index contributed by atoms with van der Waals surface area (Å²) in [6, 6.07) is 15.0. The molecule has 0 aliphatic carbocycles. The highest BCUT2D eigenvalue weighted by atomic mass is 16.2. The molecule has 2 N–H and O–H groups in total. The van der Waals surface area contributed by atoms with Gasteiger partial charge in [0.25, 0.3) is 5.91 Å². The number of nitrogens with one attached hydrogen (secondary N) is 2. The zero-order valence-electron chi connectivity index (χ0n) is 12.8. The molecule has 0 unspecified atom stereocenters. The largest absolute Gasteiger partial charge is 0.301 e. The van der Waals surface area contributed by atoms with E-state index in [1.807, 2.05) is 43.3 Å². The Morgan fingerprint density at radius 3 is 2.65 bits per heavy atom. The maximum atomic E-state index is 12.0. The normalized spacial score (nSPS) is 10.5. The minimum absolute atomic E-state index is 0.213. The van der Waals surface area contributed by atoms with Crippen LogP contribution in [0.2, 0.25) is 0 Å². The molecule has 3 aromatic rings. The van der Waals surface area contributed by atoms with Crippen molar-refractivity contribution in [2.24, 2.45) is 0 Å². The van der Waals surface area contributed by atoms with Gasteiger partial charge in [-0.25, -0.2) is 4.68 Å². The van der Waals surface area contributed by atoms with E-state index in [0.717, 1.165) is 16.6 Å². The Morgan fingerprint density at radius 1 is 1.13 bits per heavy atom. The molecular formula is C17H17N5O. The van der Waals surface area contributed by atoms with Crippen LogP contribution in [0.4, 0.5) is 0 Å². The smallest absolute Gasteiger partial charge is 0.269 e. The predicted molar refractivity (Wildman–Crippen MR) is 88.4 cm³/mol. The van der Waals surface area contributed by atoms with E-state index in [1.165, 1.54) is 0 Å². The molecule has 1 heterocycles. The van der Waals surface area contributed by atoms with Crippen LogP contribution in [-0.4, -0.2) is 20.9 Å². The molecule has 0 bridgehead atoms. The molecule has 0 aliphatic heterocycles. The maximum absolute atomic E-state index is 12.0. The van der Waals surface area contributed by atoms with Crippen molar-refractivity contribution in [2.75, 3.05) is 0 Å². The summed E-state index contributed by atoms with van der Waals surface area (Å²) in [4.78, 5) is 12.0. The first-order valence-electron chi connectivity index (χ1n) is 7.22. The van der Waals surface area contributed by atoms with Crippen LogP contribution in [0.15, 0.2) is 60.8 Å². The summed E-state index contributed by atoms with van der Waals surface area (Å²) in [6.07, 6.45) is 0. The maximum Gasteiger partial charge on any atom is 0.269 e. The Morgan fingerprint density at radius 2 is 1.87 bits per heavy atom. The Bertz CT molecular complexity index is 851. The Hall–Kier alpha value is -3.15. The minimum Gasteiger partial charge on any atom is -0.301 e. The Balaban J connectivity index is 1.59. The molecule has 3 rings (SSSR count). The van der Waals surface area contributed by atoms with Crippen LogP contribution >= 0.6 is 0 Å². The quantitative estimate of drug-likeness (QED) is 0.709. The van der Waals surface area contributed by atoms with Crippen molar-refractivity contribution in [1.82, 2.24) is 25.8 Å². The fourth-order valence-corrected chi connectivity index (χ4v) is 2.18. The number of hydrogen-bond acceptors (Lipinski definition) is 4. The zero-order valence-corrected chi connectivity index (χ0v) is 12.8. The lowest BCUT2D eigenvalue weighted by Crippen LogP contribution is -2.37. The molecule has 2 aromatic carbocycles. The van der Waals surface area contributed by atoms with Gasteiger partial charge in [0.1, 0.15) is 5.52 Å². The molecule has 0 spiro atoms. The number of amides is 1. The van der Waals surface area contributed by atoms with Crippen LogP contribution < -0.4 is 10.9 Å². The van der Waals surface area contributed by atoms with Crippen LogP contribution in [0.25, 0.3) is 11.0 Å². The number of fused-ring (bicyclic) bond motifs is 1. The van der Waals surface area contributed by atoms with Crippen molar-refractivity contribution in [1.29, 1.82) is 0 Å². The third kappa shape index (κ3) is 3.37. The third-order valence-electron chi connectivity index (χ3n) is 3.43. The van der Waals surface area contributed by atoms with E-state index in [-0.39, 0.29) is 5.91 Å². The average Bonchev–Trinajstić information content (AvgIpc) is 2.96. The second-order valence-corrected chi connectivity index (χ2v) is 5.28. The summed E-state index contributed by atoms with van der Waals surface area (Å²) in [7, 11) is 0. The Labute approximate surface area is 133 Å². The average molecular weight is 307 g/mol. The van der Waals surface area contributed by atoms with Gasteiger partial charge in [0.05, 0.1) is 12.1 Å². The first-order chi connectivity index (χ1) is 11.1. The van der Waals surface area contributed by atoms with Gasteiger partial charge in [0.15, 0.2) is 0 Å². The number of carbonyl (C=O) groups excluding carboxylic acids is 1. The van der Waals surface area contributed by atoms with E-state index in [9.17, 15) is 4.79 Å². The van der Waals surface area contributed by atoms with Crippen molar-refractivity contribution >= 4 is 16.9 Å². The molecule has 0 fully saturated rings. The molecule has 23 heavy (non-hydrogen) atoms. The fourth-order valence-electron chi connectivity index (χ4n) is 2.18. The van der Waals surface area contributed by atoms with E-state index in [2.05, 4.69) is 27.7 Å². The molecule has 116 valence electrons. The number of hydrogen-bond donors (Lipinski definition) is 2. The summed E-state index contributed by atoms with van der Waals surface area (Å²) < 4.78 is 1.72. The SMILES string of the molecule is C=C(Cn1nnc2ccccc21)NNC(=O)c1ccc(C)cc1. The zero-order chi connectivity index (χ0) is 16.2. The first-order valence-corrected chi connectivity index (χ1v) is 7.22. The summed E-state index contributed by atoms with van der Waals surface area (Å²) in [5, 5.41) is 8.16. The van der Waals surface area contributed by atoms with Crippen LogP contribution in [0.1, 0.15) is 15.9 Å². The van der Waals surface area contributed by atoms with Gasteiger partial charge in [-0.15, -0.1) is 5.10 Å². The topological polar surface area (TPSA) is 71.8 Å². The predicted octanol–water partition coefficient (Wildman–Crippen LogP) is 2.19. The van der Waals surface area contributed by atoms with Crippen LogP contribution in [0.3, 0.4) is 0 Å². The molecule has 0 saturated carbocycles. The van der Waals surface area contributed by atoms with Gasteiger partial charge < -0.3 is 5.43 Å². The summed E-state index contributed by atoms with van der Waals surface area (Å²) in [6.45, 7) is 6.29. The van der Waals surface area contributed by atoms with Crippen molar-refractivity contribution in [3.05, 3.63) is 71.9 Å². The molecular weight excluding hydrogens is 290 g/mol. The van der Waals surface area contributed by atoms with Gasteiger partial charge in [-0.3, -0.25) is 10.2 Å². The number of allylic oxidation sites excluding steroid dienone is 1. The summed E-state index contributed by atoms with van der Waals surface area (Å²) >= 11 is 0. The molecule has 0 aliphatic rings. The fraction of sp³-hybridized carbons (Fsp3) is 0.118. The minimum atomic E-state index is -0.213. The lowest BCUT2D eigenvalue weighted by atomic mass is 10.1. The second-order valence-electron chi connectivity index (χ2n) is 5.28. The highest BCUT2D eigenvalue weighted by Gasteiger charge is 2.07. The van der Waals surface area contributed by atoms with Gasteiger partial charge >= 0.3 is 0 Å². The van der Waals surface area contributed by atoms with E-state index in [1.54, 1.807) is 16.8 Å². The number of nitrogens with zero attached hydrogens (tertiary/aromatic N) is 3. The highest BCUT2D eigenvalue weighted by Crippen LogP contribution is 2.10. The monoisotopic (exact) mass is 307 g/mol. The molecule has 6 nitrogen and oxygen atoms in total. The first kappa shape index (κ1) is 14.8. The number of aryl methyl sites for hydroxylation is 1. The van der Waals surface area contributed by atoms with E-state index in [4.69, 9.17) is 0 Å². The highest BCUT2D eigenvalue weighted by molar-refractivity contribution is 5.93. The number of aromatic nitrogens is 3. The lowest BCUT2D eigenvalue weighted by Gasteiger charge is -2.11. The van der Waals surface area contributed by atoms with Crippen LogP contribution in [0.5, 0.6) is 0 Å². The Kier molecular flexibility index (Phi) is 4.05. The van der Waals surface area contributed by atoms with E-state index in [0.29, 0.717) is 17.8 Å². The van der Waals surface area contributed by atoms with E-state index >= 15 is 0 Å². The number of para-hydroxylation sites is 1. The van der Waals surface area contributed by atoms with Gasteiger partial charge in [0, 0.05) is 11.3 Å². The number of benzene rings is 2. The summed E-state index contributed by atoms with van der Waals surface area (Å²) in [5.41, 5.74) is 9.49. The molecule has 0 radical (unpaired) electrons. The van der Waals surface area contributed by atoms with Gasteiger partial charge in [0.2, 0.25) is 0 Å². The second kappa shape index (κ2) is 6.31. The van der Waals surface area contributed by atoms with Crippen LogP contribution in [0, 0.1) is 6.92 Å². The van der Waals surface area contributed by atoms with Crippen LogP contribution in [-0.2, 0) is 6.54 Å². The standard InChI is InChI=1S/C17H17N5O/c1-12-7-9-14(10-8-12)17(23)20-18-13(2)11-22-16-6-4-3-5-15(16)19-21-22/h3-10,18H,2,11H2,1H3,(H,20,23). The molecule has 1 amide bonds. The number of hydrazine groups is 1. The molecule has 1 aromatic heterocycles. The molecule has 0 atom stereocenters. The van der Waals surface area contributed by atoms with Gasteiger partial charge in [-0.2, -0.15) is 0 Å². The third-order valence-corrected chi connectivity index (χ3v) is 3.43. The van der Waals surface area contributed by atoms with Crippen molar-refractivity contribution < 1.29 is 4.79 Å².